The highest BCUT2D eigenvalue weighted by molar-refractivity contribution is 8.01. The molecule has 8 heteroatoms. The number of esters is 1. The van der Waals surface area contributed by atoms with Crippen molar-refractivity contribution in [2.45, 2.75) is 113 Å². The summed E-state index contributed by atoms with van der Waals surface area (Å²) in [5.41, 5.74) is 0.410. The number of thiazole rings is 1. The summed E-state index contributed by atoms with van der Waals surface area (Å²) in [6, 6.07) is 0. The number of rotatable bonds is 15. The minimum absolute atomic E-state index is 0.0561. The fourth-order valence-electron chi connectivity index (χ4n) is 5.15. The molecule has 0 spiro atoms. The molecule has 1 aromatic heterocycles. The van der Waals surface area contributed by atoms with E-state index in [9.17, 15) is 4.79 Å². The molecule has 2 aliphatic rings. The number of halogens is 1. The number of nitrogens with zero attached hydrogens (tertiary/aromatic N) is 1. The molecule has 5 nitrogen and oxygen atoms in total. The van der Waals surface area contributed by atoms with E-state index in [4.69, 9.17) is 25.8 Å². The summed E-state index contributed by atoms with van der Waals surface area (Å²) in [7, 11) is 0. The average molecular weight is 532 g/mol. The lowest BCUT2D eigenvalue weighted by atomic mass is 9.87. The van der Waals surface area contributed by atoms with Crippen molar-refractivity contribution in [2.24, 2.45) is 11.8 Å². The number of ether oxygens (including phenoxy) is 3. The molecular formula is C26H42ClNO4S2. The summed E-state index contributed by atoms with van der Waals surface area (Å²) in [6.45, 7) is 5.25. The van der Waals surface area contributed by atoms with Crippen molar-refractivity contribution in [1.82, 2.24) is 4.98 Å². The quantitative estimate of drug-likeness (QED) is 0.0999. The Labute approximate surface area is 219 Å². The third kappa shape index (κ3) is 8.95. The molecule has 3 rings (SSSR count). The Bertz CT molecular complexity index is 713. The zero-order valence-corrected chi connectivity index (χ0v) is 23.2. The van der Waals surface area contributed by atoms with E-state index in [0.717, 1.165) is 42.4 Å². The monoisotopic (exact) mass is 531 g/mol. The van der Waals surface area contributed by atoms with Gasteiger partial charge >= 0.3 is 5.97 Å². The van der Waals surface area contributed by atoms with Crippen LogP contribution in [0.25, 0.3) is 0 Å². The van der Waals surface area contributed by atoms with Crippen molar-refractivity contribution < 1.29 is 19.0 Å². The highest BCUT2D eigenvalue weighted by atomic mass is 35.5. The van der Waals surface area contributed by atoms with Crippen LogP contribution in [0.5, 0.6) is 0 Å². The Hall–Kier alpha value is -0.340. The predicted molar refractivity (Wildman–Crippen MR) is 141 cm³/mol. The van der Waals surface area contributed by atoms with Crippen molar-refractivity contribution in [2.75, 3.05) is 19.0 Å². The highest BCUT2D eigenvalue weighted by Crippen LogP contribution is 2.44. The number of thioether (sulfide) groups is 1. The topological polar surface area (TPSA) is 57.7 Å². The Morgan fingerprint density at radius 2 is 2.00 bits per heavy atom. The lowest BCUT2D eigenvalue weighted by Gasteiger charge is -2.30. The van der Waals surface area contributed by atoms with Crippen LogP contribution in [0, 0.1) is 11.8 Å². The third-order valence-corrected chi connectivity index (χ3v) is 9.51. The molecule has 5 atom stereocenters. The Morgan fingerprint density at radius 3 is 2.76 bits per heavy atom. The van der Waals surface area contributed by atoms with Crippen LogP contribution in [0.15, 0.2) is 9.72 Å². The van der Waals surface area contributed by atoms with E-state index in [0.29, 0.717) is 24.1 Å². The van der Waals surface area contributed by atoms with E-state index >= 15 is 0 Å². The minimum Gasteiger partial charge on any atom is -0.461 e. The van der Waals surface area contributed by atoms with Crippen LogP contribution in [0.1, 0.15) is 101 Å². The molecule has 0 amide bonds. The Morgan fingerprint density at radius 1 is 1.18 bits per heavy atom. The number of aromatic nitrogens is 1. The maximum atomic E-state index is 11.9. The molecule has 0 N–H and O–H groups in total. The summed E-state index contributed by atoms with van der Waals surface area (Å²) in [6.07, 6.45) is 14.5. The zero-order valence-electron chi connectivity index (χ0n) is 20.8. The summed E-state index contributed by atoms with van der Waals surface area (Å²) in [4.78, 5) is 16.3. The van der Waals surface area contributed by atoms with E-state index in [-0.39, 0.29) is 23.7 Å². The zero-order chi connectivity index (χ0) is 24.2. The lowest BCUT2D eigenvalue weighted by Crippen LogP contribution is -2.31. The van der Waals surface area contributed by atoms with Crippen molar-refractivity contribution in [3.63, 3.8) is 0 Å². The van der Waals surface area contributed by atoms with Gasteiger partial charge in [0.15, 0.2) is 16.3 Å². The van der Waals surface area contributed by atoms with Crippen LogP contribution >= 0.6 is 34.7 Å². The standard InChI is InChI=1S/C26H42ClNO4S2/c1-3-5-6-7-8-9-12-20-19(21(27)17-23(20)32-24-13-10-11-15-31-24)14-16-33-26-28-22(18-34-26)25(29)30-4-2/h18-21,23-24H,3-17H2,1-2H3/t19?,20-,21-,23-,24?/m1/s1. The van der Waals surface area contributed by atoms with E-state index in [2.05, 4.69) is 11.9 Å². The van der Waals surface area contributed by atoms with Gasteiger partial charge in [-0.2, -0.15) is 0 Å². The SMILES string of the molecule is CCCCCCCC[C@@H]1C(CCSc2nc(C(=O)OCC)cs2)[C@H](Cl)C[C@H]1OC1CCCCO1. The molecule has 2 heterocycles. The number of hydrogen-bond acceptors (Lipinski definition) is 7. The molecule has 2 fully saturated rings. The van der Waals surface area contributed by atoms with Gasteiger partial charge in [0.05, 0.1) is 12.7 Å². The molecule has 0 radical (unpaired) electrons. The van der Waals surface area contributed by atoms with Crippen LogP contribution in [-0.4, -0.2) is 47.7 Å². The van der Waals surface area contributed by atoms with Crippen LogP contribution < -0.4 is 0 Å². The van der Waals surface area contributed by atoms with Gasteiger partial charge in [-0.1, -0.05) is 57.2 Å². The second kappa shape index (κ2) is 15.7. The van der Waals surface area contributed by atoms with Gasteiger partial charge in [0.25, 0.3) is 0 Å². The molecule has 1 aliphatic carbocycles. The number of carbonyl (C=O) groups excluding carboxylic acids is 1. The van der Waals surface area contributed by atoms with Crippen LogP contribution in [0.3, 0.4) is 0 Å². The second-order valence-electron chi connectivity index (χ2n) is 9.46. The van der Waals surface area contributed by atoms with Crippen molar-refractivity contribution in [1.29, 1.82) is 0 Å². The average Bonchev–Trinajstić information content (AvgIpc) is 3.42. The van der Waals surface area contributed by atoms with Crippen LogP contribution in [-0.2, 0) is 14.2 Å². The van der Waals surface area contributed by atoms with Crippen molar-refractivity contribution in [3.8, 4) is 0 Å². The number of unbranched alkanes of at least 4 members (excludes halogenated alkanes) is 5. The molecule has 194 valence electrons. The smallest absolute Gasteiger partial charge is 0.357 e. The van der Waals surface area contributed by atoms with Crippen LogP contribution in [0.4, 0.5) is 0 Å². The number of alkyl halides is 1. The van der Waals surface area contributed by atoms with Gasteiger partial charge in [-0.05, 0) is 57.3 Å². The number of carbonyl (C=O) groups is 1. The van der Waals surface area contributed by atoms with E-state index in [1.807, 2.05) is 6.92 Å². The summed E-state index contributed by atoms with van der Waals surface area (Å²) in [5.74, 6) is 1.55. The normalized spacial score (nSPS) is 27.2. The van der Waals surface area contributed by atoms with Gasteiger partial charge in [0.1, 0.15) is 0 Å². The largest absolute Gasteiger partial charge is 0.461 e. The molecule has 1 saturated heterocycles. The Kier molecular flexibility index (Phi) is 13.0. The predicted octanol–water partition coefficient (Wildman–Crippen LogP) is 7.71. The maximum Gasteiger partial charge on any atom is 0.357 e. The fraction of sp³-hybridized carbons (Fsp3) is 0.846. The molecule has 1 aromatic rings. The van der Waals surface area contributed by atoms with Crippen molar-refractivity contribution in [3.05, 3.63) is 11.1 Å². The van der Waals surface area contributed by atoms with Gasteiger partial charge in [0.2, 0.25) is 0 Å². The molecule has 0 aromatic carbocycles. The first-order chi connectivity index (χ1) is 16.6. The summed E-state index contributed by atoms with van der Waals surface area (Å²) in [5, 5.41) is 1.93. The van der Waals surface area contributed by atoms with Gasteiger partial charge in [0, 0.05) is 23.1 Å². The van der Waals surface area contributed by atoms with Crippen LogP contribution in [0.2, 0.25) is 0 Å². The van der Waals surface area contributed by atoms with Gasteiger partial charge in [-0.15, -0.1) is 22.9 Å². The first kappa shape index (κ1) is 28.2. The van der Waals surface area contributed by atoms with E-state index in [1.54, 1.807) is 17.1 Å². The lowest BCUT2D eigenvalue weighted by molar-refractivity contribution is -0.196. The summed E-state index contributed by atoms with van der Waals surface area (Å²) < 4.78 is 18.4. The van der Waals surface area contributed by atoms with Gasteiger partial charge in [-0.25, -0.2) is 9.78 Å². The van der Waals surface area contributed by atoms with Gasteiger partial charge < -0.3 is 14.2 Å². The molecule has 1 aliphatic heterocycles. The highest BCUT2D eigenvalue weighted by Gasteiger charge is 2.43. The molecule has 34 heavy (non-hydrogen) atoms. The van der Waals surface area contributed by atoms with Gasteiger partial charge in [-0.3, -0.25) is 0 Å². The fourth-order valence-corrected chi connectivity index (χ4v) is 7.54. The first-order valence-electron chi connectivity index (χ1n) is 13.3. The summed E-state index contributed by atoms with van der Waals surface area (Å²) >= 11 is 10.2. The minimum atomic E-state index is -0.342. The maximum absolute atomic E-state index is 11.9. The number of hydrogen-bond donors (Lipinski definition) is 0. The second-order valence-corrected chi connectivity index (χ2v) is 12.2. The first-order valence-corrected chi connectivity index (χ1v) is 15.6. The Balaban J connectivity index is 1.52. The molecule has 0 bridgehead atoms. The third-order valence-electron chi connectivity index (χ3n) is 6.95. The molecular weight excluding hydrogens is 490 g/mol. The van der Waals surface area contributed by atoms with Crippen molar-refractivity contribution >= 4 is 40.7 Å². The molecule has 1 saturated carbocycles. The van der Waals surface area contributed by atoms with E-state index < -0.39 is 0 Å². The molecule has 2 unspecified atom stereocenters. The van der Waals surface area contributed by atoms with E-state index in [1.165, 1.54) is 62.7 Å².